The van der Waals surface area contributed by atoms with Crippen LogP contribution >= 0.6 is 11.8 Å². The molecule has 0 radical (unpaired) electrons. The van der Waals surface area contributed by atoms with Gasteiger partial charge in [0, 0.05) is 9.49 Å². The Kier molecular flexibility index (Phi) is 4.24. The fourth-order valence-corrected chi connectivity index (χ4v) is 6.89. The van der Waals surface area contributed by atoms with E-state index in [1.165, 1.54) is 51.4 Å². The van der Waals surface area contributed by atoms with Crippen molar-refractivity contribution in [3.8, 4) is 0 Å². The first-order valence-corrected chi connectivity index (χ1v) is 9.96. The summed E-state index contributed by atoms with van der Waals surface area (Å²) in [6.07, 6.45) is 10.9. The molecule has 0 aromatic heterocycles. The van der Waals surface area contributed by atoms with Crippen LogP contribution < -0.4 is 0 Å². The van der Waals surface area contributed by atoms with Crippen molar-refractivity contribution in [1.29, 1.82) is 0 Å². The van der Waals surface area contributed by atoms with Crippen LogP contribution in [0.2, 0.25) is 0 Å². The van der Waals surface area contributed by atoms with Crippen molar-refractivity contribution in [2.45, 2.75) is 60.9 Å². The molecule has 0 N–H and O–H groups in total. The van der Waals surface area contributed by atoms with E-state index in [9.17, 15) is 0 Å². The molecule has 0 spiro atoms. The first-order chi connectivity index (χ1) is 11.3. The molecule has 0 unspecified atom stereocenters. The fourth-order valence-electron chi connectivity index (χ4n) is 4.65. The Morgan fingerprint density at radius 1 is 0.522 bits per heavy atom. The predicted molar refractivity (Wildman–Crippen MR) is 101 cm³/mol. The van der Waals surface area contributed by atoms with Gasteiger partial charge in [-0.25, -0.2) is 0 Å². The summed E-state index contributed by atoms with van der Waals surface area (Å²) in [5.41, 5.74) is 3.12. The summed E-state index contributed by atoms with van der Waals surface area (Å²) in [5.74, 6) is 0. The van der Waals surface area contributed by atoms with Crippen molar-refractivity contribution in [1.82, 2.24) is 0 Å². The summed E-state index contributed by atoms with van der Waals surface area (Å²) in [6.45, 7) is 0. The first kappa shape index (κ1) is 15.3. The standard InChI is InChI=1S/C22H26S/c1-3-11-19(12-4-1)21(15-7-8-16-21)23-22(17-9-10-18-22)20-13-5-2-6-14-20/h1-6,11-14H,7-10,15-18H2. The van der Waals surface area contributed by atoms with Gasteiger partial charge < -0.3 is 0 Å². The lowest BCUT2D eigenvalue weighted by Crippen LogP contribution is -2.28. The van der Waals surface area contributed by atoms with Gasteiger partial charge in [-0.15, -0.1) is 11.8 Å². The second kappa shape index (κ2) is 6.36. The summed E-state index contributed by atoms with van der Waals surface area (Å²) in [6, 6.07) is 22.7. The molecule has 23 heavy (non-hydrogen) atoms. The highest BCUT2D eigenvalue weighted by Crippen LogP contribution is 2.61. The molecule has 0 atom stereocenters. The highest BCUT2D eigenvalue weighted by molar-refractivity contribution is 8.01. The Bertz CT molecular complexity index is 562. The van der Waals surface area contributed by atoms with Gasteiger partial charge in [-0.3, -0.25) is 0 Å². The minimum atomic E-state index is 0.335. The molecule has 1 heteroatoms. The Balaban J connectivity index is 1.73. The Morgan fingerprint density at radius 3 is 1.22 bits per heavy atom. The lowest BCUT2D eigenvalue weighted by Gasteiger charge is -2.40. The monoisotopic (exact) mass is 322 g/mol. The van der Waals surface area contributed by atoms with Gasteiger partial charge in [0.15, 0.2) is 0 Å². The van der Waals surface area contributed by atoms with Crippen LogP contribution in [0, 0.1) is 0 Å². The molecule has 2 aromatic carbocycles. The van der Waals surface area contributed by atoms with Crippen molar-refractivity contribution >= 4 is 11.8 Å². The lowest BCUT2D eigenvalue weighted by atomic mass is 9.95. The zero-order valence-electron chi connectivity index (χ0n) is 13.8. The molecule has 0 saturated heterocycles. The van der Waals surface area contributed by atoms with E-state index in [-0.39, 0.29) is 0 Å². The largest absolute Gasteiger partial charge is 0.139 e. The topological polar surface area (TPSA) is 0 Å². The van der Waals surface area contributed by atoms with Crippen molar-refractivity contribution in [3.05, 3.63) is 71.8 Å². The minimum Gasteiger partial charge on any atom is -0.139 e. The molecule has 2 aliphatic rings. The average molecular weight is 323 g/mol. The van der Waals surface area contributed by atoms with Crippen LogP contribution in [0.25, 0.3) is 0 Å². The quantitative estimate of drug-likeness (QED) is 0.606. The molecule has 0 aliphatic heterocycles. The highest BCUT2D eigenvalue weighted by atomic mass is 32.2. The van der Waals surface area contributed by atoms with Crippen molar-refractivity contribution in [3.63, 3.8) is 0 Å². The Hall–Kier alpha value is -1.21. The molecular formula is C22H26S. The second-order valence-corrected chi connectivity index (χ2v) is 9.00. The fraction of sp³-hybridized carbons (Fsp3) is 0.455. The van der Waals surface area contributed by atoms with E-state index in [1.54, 1.807) is 11.1 Å². The van der Waals surface area contributed by atoms with E-state index in [1.807, 2.05) is 0 Å². The van der Waals surface area contributed by atoms with Gasteiger partial charge in [0.05, 0.1) is 0 Å². The van der Waals surface area contributed by atoms with Crippen molar-refractivity contribution in [2.75, 3.05) is 0 Å². The minimum absolute atomic E-state index is 0.335. The molecule has 2 aliphatic carbocycles. The zero-order chi connectivity index (χ0) is 15.6. The molecule has 2 fully saturated rings. The van der Waals surface area contributed by atoms with E-state index < -0.39 is 0 Å². The van der Waals surface area contributed by atoms with Gasteiger partial charge in [-0.1, -0.05) is 86.3 Å². The van der Waals surface area contributed by atoms with E-state index in [0.29, 0.717) is 9.49 Å². The summed E-state index contributed by atoms with van der Waals surface area (Å²) in [7, 11) is 0. The molecule has 4 rings (SSSR count). The van der Waals surface area contributed by atoms with Crippen LogP contribution in [0.1, 0.15) is 62.5 Å². The molecule has 2 aromatic rings. The van der Waals surface area contributed by atoms with Gasteiger partial charge >= 0.3 is 0 Å². The molecule has 0 amide bonds. The van der Waals surface area contributed by atoms with Crippen LogP contribution in [-0.4, -0.2) is 0 Å². The van der Waals surface area contributed by atoms with Gasteiger partial charge in [-0.05, 0) is 36.8 Å². The zero-order valence-corrected chi connectivity index (χ0v) is 14.7. The third-order valence-corrected chi connectivity index (χ3v) is 7.88. The SMILES string of the molecule is c1ccc(C2(SC3(c4ccccc4)CCCC3)CCCC2)cc1. The van der Waals surface area contributed by atoms with Gasteiger partial charge in [0.1, 0.15) is 0 Å². The molecular weight excluding hydrogens is 296 g/mol. The van der Waals surface area contributed by atoms with Crippen LogP contribution in [0.5, 0.6) is 0 Å². The molecule has 0 bridgehead atoms. The number of hydrogen-bond acceptors (Lipinski definition) is 1. The first-order valence-electron chi connectivity index (χ1n) is 9.14. The van der Waals surface area contributed by atoms with E-state index in [0.717, 1.165) is 0 Å². The maximum atomic E-state index is 2.37. The molecule has 0 heterocycles. The lowest BCUT2D eigenvalue weighted by molar-refractivity contribution is 0.594. The Morgan fingerprint density at radius 2 is 0.870 bits per heavy atom. The Labute approximate surface area is 144 Å². The van der Waals surface area contributed by atoms with Gasteiger partial charge in [0.2, 0.25) is 0 Å². The number of benzene rings is 2. The number of thioether (sulfide) groups is 1. The third kappa shape index (κ3) is 2.85. The second-order valence-electron chi connectivity index (χ2n) is 7.24. The van der Waals surface area contributed by atoms with Crippen LogP contribution in [-0.2, 0) is 9.49 Å². The maximum Gasteiger partial charge on any atom is 0.0417 e. The predicted octanol–water partition coefficient (Wildman–Crippen LogP) is 6.66. The summed E-state index contributed by atoms with van der Waals surface area (Å²) in [4.78, 5) is 0. The van der Waals surface area contributed by atoms with Crippen molar-refractivity contribution in [2.24, 2.45) is 0 Å². The van der Waals surface area contributed by atoms with Gasteiger partial charge in [-0.2, -0.15) is 0 Å². The molecule has 0 nitrogen and oxygen atoms in total. The van der Waals surface area contributed by atoms with E-state index in [4.69, 9.17) is 0 Å². The summed E-state index contributed by atoms with van der Waals surface area (Å²) >= 11 is 2.32. The van der Waals surface area contributed by atoms with Crippen LogP contribution in [0.3, 0.4) is 0 Å². The normalized spacial score (nSPS) is 22.3. The summed E-state index contributed by atoms with van der Waals surface area (Å²) < 4.78 is 0.670. The average Bonchev–Trinajstić information content (AvgIpc) is 3.28. The van der Waals surface area contributed by atoms with E-state index >= 15 is 0 Å². The number of hydrogen-bond donors (Lipinski definition) is 0. The number of rotatable bonds is 4. The molecule has 2 saturated carbocycles. The highest BCUT2D eigenvalue weighted by Gasteiger charge is 2.46. The summed E-state index contributed by atoms with van der Waals surface area (Å²) in [5, 5.41) is 0. The van der Waals surface area contributed by atoms with Crippen molar-refractivity contribution < 1.29 is 0 Å². The molecule has 120 valence electrons. The van der Waals surface area contributed by atoms with Crippen LogP contribution in [0.4, 0.5) is 0 Å². The smallest absolute Gasteiger partial charge is 0.0417 e. The van der Waals surface area contributed by atoms with Gasteiger partial charge in [0.25, 0.3) is 0 Å². The third-order valence-electron chi connectivity index (χ3n) is 5.81. The van der Waals surface area contributed by atoms with E-state index in [2.05, 4.69) is 72.4 Å². The maximum absolute atomic E-state index is 2.37. The van der Waals surface area contributed by atoms with Crippen LogP contribution in [0.15, 0.2) is 60.7 Å².